The van der Waals surface area contributed by atoms with E-state index in [1.165, 1.54) is 0 Å². The van der Waals surface area contributed by atoms with Crippen LogP contribution in [0.25, 0.3) is 11.1 Å². The minimum absolute atomic E-state index is 0.0577. The van der Waals surface area contributed by atoms with Crippen molar-refractivity contribution in [3.63, 3.8) is 0 Å². The summed E-state index contributed by atoms with van der Waals surface area (Å²) in [4.78, 5) is 17.1. The molecule has 0 saturated carbocycles. The lowest BCUT2D eigenvalue weighted by atomic mass is 10.00. The first kappa shape index (κ1) is 21.3. The van der Waals surface area contributed by atoms with Crippen LogP contribution in [0, 0.1) is 6.92 Å². The molecule has 1 aromatic heterocycles. The average molecular weight is 423 g/mol. The molecule has 4 nitrogen and oxygen atoms in total. The maximum absolute atomic E-state index is 12.8. The molecule has 0 saturated heterocycles. The molecule has 0 radical (unpaired) electrons. The van der Waals surface area contributed by atoms with Gasteiger partial charge < -0.3 is 10.1 Å². The second-order valence-electron chi connectivity index (χ2n) is 7.82. The third-order valence-corrected chi connectivity index (χ3v) is 5.38. The SMILES string of the molecule is Cc1cc(-c2ccc(NC(=O)C(C)c3cccc(OCc4ccccc4)c3)cc2)ccn1. The van der Waals surface area contributed by atoms with Crippen molar-refractivity contribution in [1.82, 2.24) is 4.98 Å². The molecule has 160 valence electrons. The van der Waals surface area contributed by atoms with Crippen LogP contribution in [0.3, 0.4) is 0 Å². The van der Waals surface area contributed by atoms with E-state index in [-0.39, 0.29) is 11.8 Å². The normalized spacial score (nSPS) is 11.6. The number of rotatable bonds is 7. The molecule has 4 heteroatoms. The van der Waals surface area contributed by atoms with Crippen LogP contribution in [0.5, 0.6) is 5.75 Å². The molecular formula is C28H26N2O2. The minimum atomic E-state index is -0.308. The fourth-order valence-corrected chi connectivity index (χ4v) is 3.49. The fourth-order valence-electron chi connectivity index (χ4n) is 3.49. The van der Waals surface area contributed by atoms with Crippen molar-refractivity contribution in [2.45, 2.75) is 26.4 Å². The van der Waals surface area contributed by atoms with Crippen LogP contribution in [0.1, 0.15) is 29.7 Å². The number of pyridine rings is 1. The number of carbonyl (C=O) groups excluding carboxylic acids is 1. The number of aromatic nitrogens is 1. The summed E-state index contributed by atoms with van der Waals surface area (Å²) in [6.45, 7) is 4.37. The van der Waals surface area contributed by atoms with E-state index < -0.39 is 0 Å². The first-order valence-electron chi connectivity index (χ1n) is 10.7. The number of anilines is 1. The van der Waals surface area contributed by atoms with Crippen LogP contribution in [-0.2, 0) is 11.4 Å². The second kappa shape index (κ2) is 9.92. The summed E-state index contributed by atoms with van der Waals surface area (Å²) in [6.07, 6.45) is 1.81. The van der Waals surface area contributed by atoms with Gasteiger partial charge in [0.05, 0.1) is 5.92 Å². The Bertz CT molecular complexity index is 1190. The third kappa shape index (κ3) is 5.41. The van der Waals surface area contributed by atoms with E-state index >= 15 is 0 Å². The Hall–Kier alpha value is -3.92. The molecular weight excluding hydrogens is 396 g/mol. The zero-order valence-corrected chi connectivity index (χ0v) is 18.3. The van der Waals surface area contributed by atoms with Crippen molar-refractivity contribution in [3.05, 3.63) is 114 Å². The highest BCUT2D eigenvalue weighted by atomic mass is 16.5. The topological polar surface area (TPSA) is 51.2 Å². The molecule has 0 aliphatic rings. The van der Waals surface area contributed by atoms with E-state index in [1.807, 2.05) is 105 Å². The lowest BCUT2D eigenvalue weighted by Gasteiger charge is -2.14. The zero-order valence-electron chi connectivity index (χ0n) is 18.3. The predicted octanol–water partition coefficient (Wildman–Crippen LogP) is 6.38. The molecule has 1 N–H and O–H groups in total. The van der Waals surface area contributed by atoms with Crippen LogP contribution >= 0.6 is 0 Å². The zero-order chi connectivity index (χ0) is 22.3. The van der Waals surface area contributed by atoms with Gasteiger partial charge in [0, 0.05) is 17.6 Å². The van der Waals surface area contributed by atoms with Gasteiger partial charge >= 0.3 is 0 Å². The highest BCUT2D eigenvalue weighted by Gasteiger charge is 2.16. The lowest BCUT2D eigenvalue weighted by molar-refractivity contribution is -0.117. The van der Waals surface area contributed by atoms with Gasteiger partial charge in [-0.2, -0.15) is 0 Å². The number of nitrogens with one attached hydrogen (secondary N) is 1. The van der Waals surface area contributed by atoms with Crippen molar-refractivity contribution in [1.29, 1.82) is 0 Å². The molecule has 1 unspecified atom stereocenters. The molecule has 4 rings (SSSR count). The van der Waals surface area contributed by atoms with Gasteiger partial charge in [0.15, 0.2) is 0 Å². The van der Waals surface area contributed by atoms with Crippen LogP contribution in [0.15, 0.2) is 97.2 Å². The van der Waals surface area contributed by atoms with Crippen LogP contribution in [0.4, 0.5) is 5.69 Å². The van der Waals surface area contributed by atoms with Crippen LogP contribution < -0.4 is 10.1 Å². The molecule has 0 fully saturated rings. The molecule has 0 spiro atoms. The summed E-state index contributed by atoms with van der Waals surface area (Å²) in [6, 6.07) is 29.6. The fraction of sp³-hybridized carbons (Fsp3) is 0.143. The van der Waals surface area contributed by atoms with Gasteiger partial charge in [0.2, 0.25) is 5.91 Å². The summed E-state index contributed by atoms with van der Waals surface area (Å²) in [7, 11) is 0. The minimum Gasteiger partial charge on any atom is -0.489 e. The predicted molar refractivity (Wildman–Crippen MR) is 129 cm³/mol. The largest absolute Gasteiger partial charge is 0.489 e. The monoisotopic (exact) mass is 422 g/mol. The Morgan fingerprint density at radius 3 is 2.44 bits per heavy atom. The standard InChI is InChI=1S/C28H26N2O2/c1-20-17-25(15-16-29-20)23-11-13-26(14-12-23)30-28(31)21(2)24-9-6-10-27(18-24)32-19-22-7-4-3-5-8-22/h3-18,21H,19H2,1-2H3,(H,30,31). The Labute approximate surface area is 188 Å². The van der Waals surface area contributed by atoms with Crippen LogP contribution in [-0.4, -0.2) is 10.9 Å². The second-order valence-corrected chi connectivity index (χ2v) is 7.82. The number of hydrogen-bond donors (Lipinski definition) is 1. The number of nitrogens with zero attached hydrogens (tertiary/aromatic N) is 1. The van der Waals surface area contributed by atoms with Crippen molar-refractivity contribution in [3.8, 4) is 16.9 Å². The average Bonchev–Trinajstić information content (AvgIpc) is 2.83. The van der Waals surface area contributed by atoms with Crippen molar-refractivity contribution >= 4 is 11.6 Å². The number of amides is 1. The molecule has 0 aliphatic heterocycles. The number of hydrogen-bond acceptors (Lipinski definition) is 3. The Morgan fingerprint density at radius 2 is 1.69 bits per heavy atom. The molecule has 4 aromatic rings. The molecule has 32 heavy (non-hydrogen) atoms. The van der Waals surface area contributed by atoms with Gasteiger partial charge in [-0.25, -0.2) is 0 Å². The third-order valence-electron chi connectivity index (χ3n) is 5.38. The maximum atomic E-state index is 12.8. The highest BCUT2D eigenvalue weighted by Crippen LogP contribution is 2.25. The highest BCUT2D eigenvalue weighted by molar-refractivity contribution is 5.95. The van der Waals surface area contributed by atoms with E-state index in [4.69, 9.17) is 4.74 Å². The molecule has 0 bridgehead atoms. The van der Waals surface area contributed by atoms with Gasteiger partial charge in [-0.05, 0) is 72.5 Å². The van der Waals surface area contributed by atoms with E-state index in [0.29, 0.717) is 6.61 Å². The maximum Gasteiger partial charge on any atom is 0.231 e. The van der Waals surface area contributed by atoms with Gasteiger partial charge in [0.25, 0.3) is 0 Å². The van der Waals surface area contributed by atoms with Gasteiger partial charge in [0.1, 0.15) is 12.4 Å². The molecule has 0 aliphatic carbocycles. The van der Waals surface area contributed by atoms with E-state index in [9.17, 15) is 4.79 Å². The number of carbonyl (C=O) groups is 1. The summed E-state index contributed by atoms with van der Waals surface area (Å²) in [5, 5.41) is 3.02. The first-order valence-corrected chi connectivity index (χ1v) is 10.7. The first-order chi connectivity index (χ1) is 15.6. The Morgan fingerprint density at radius 1 is 0.906 bits per heavy atom. The summed E-state index contributed by atoms with van der Waals surface area (Å²) >= 11 is 0. The van der Waals surface area contributed by atoms with Crippen molar-refractivity contribution in [2.24, 2.45) is 0 Å². The smallest absolute Gasteiger partial charge is 0.231 e. The van der Waals surface area contributed by atoms with Gasteiger partial charge in [-0.15, -0.1) is 0 Å². The number of aryl methyl sites for hydroxylation is 1. The van der Waals surface area contributed by atoms with Crippen molar-refractivity contribution < 1.29 is 9.53 Å². The van der Waals surface area contributed by atoms with E-state index in [1.54, 1.807) is 6.20 Å². The molecule has 1 atom stereocenters. The van der Waals surface area contributed by atoms with Crippen LogP contribution in [0.2, 0.25) is 0 Å². The molecule has 1 amide bonds. The number of benzene rings is 3. The molecule has 3 aromatic carbocycles. The quantitative estimate of drug-likeness (QED) is 0.376. The van der Waals surface area contributed by atoms with Gasteiger partial charge in [-0.1, -0.05) is 54.6 Å². The number of ether oxygens (including phenoxy) is 1. The molecule has 1 heterocycles. The summed E-state index contributed by atoms with van der Waals surface area (Å²) in [5.41, 5.74) is 5.96. The summed E-state index contributed by atoms with van der Waals surface area (Å²) in [5.74, 6) is 0.388. The van der Waals surface area contributed by atoms with Crippen molar-refractivity contribution in [2.75, 3.05) is 5.32 Å². The Balaban J connectivity index is 1.39. The Kier molecular flexibility index (Phi) is 6.61. The summed E-state index contributed by atoms with van der Waals surface area (Å²) < 4.78 is 5.91. The lowest BCUT2D eigenvalue weighted by Crippen LogP contribution is -2.18. The van der Waals surface area contributed by atoms with E-state index in [2.05, 4.69) is 10.3 Å². The van der Waals surface area contributed by atoms with Gasteiger partial charge in [-0.3, -0.25) is 9.78 Å². The van der Waals surface area contributed by atoms with E-state index in [0.717, 1.165) is 39.4 Å².